The number of sulfonamides is 1. The Bertz CT molecular complexity index is 1560. The van der Waals surface area contributed by atoms with Crippen LogP contribution in [0.15, 0.2) is 47.4 Å². The maximum Gasteiger partial charge on any atom is 0.243 e. The number of aromatic nitrogens is 3. The fraction of sp³-hybridized carbons (Fsp3) is 0.370. The largest absolute Gasteiger partial charge is 0.309 e. The Morgan fingerprint density at radius 1 is 1.03 bits per heavy atom. The zero-order chi connectivity index (χ0) is 25.7. The number of thiazole rings is 1. The molecule has 0 bridgehead atoms. The Morgan fingerprint density at radius 3 is 2.51 bits per heavy atom. The molecule has 1 fully saturated rings. The average molecular weight is 536 g/mol. The van der Waals surface area contributed by atoms with Gasteiger partial charge in [0.15, 0.2) is 0 Å². The number of nitrogens with zero attached hydrogens (tertiary/aromatic N) is 4. The number of hydrogen-bond acceptors (Lipinski definition) is 6. The molecule has 1 aliphatic carbocycles. The molecule has 6 rings (SSSR count). The van der Waals surface area contributed by atoms with Crippen molar-refractivity contribution in [1.82, 2.24) is 19.1 Å². The Labute approximate surface area is 220 Å². The number of hydrogen-bond donors (Lipinski definition) is 1. The summed E-state index contributed by atoms with van der Waals surface area (Å²) >= 11 is 1.54. The minimum absolute atomic E-state index is 0.204. The lowest BCUT2D eigenvalue weighted by Crippen LogP contribution is -2.43. The lowest BCUT2D eigenvalue weighted by molar-refractivity contribution is -0.119. The van der Waals surface area contributed by atoms with E-state index in [2.05, 4.69) is 22.5 Å². The molecule has 1 aliphatic heterocycles. The Hall–Kier alpha value is -3.08. The third-order valence-corrected chi connectivity index (χ3v) is 10.2. The van der Waals surface area contributed by atoms with Gasteiger partial charge >= 0.3 is 0 Å². The van der Waals surface area contributed by atoms with Crippen LogP contribution in [-0.2, 0) is 27.7 Å². The zero-order valence-electron chi connectivity index (χ0n) is 20.9. The Kier molecular flexibility index (Phi) is 6.13. The molecule has 1 atom stereocenters. The summed E-state index contributed by atoms with van der Waals surface area (Å²) in [5.41, 5.74) is 5.43. The van der Waals surface area contributed by atoms with Crippen LogP contribution in [0.2, 0.25) is 0 Å². The van der Waals surface area contributed by atoms with Crippen LogP contribution in [0.4, 0.5) is 5.82 Å². The molecule has 4 aromatic rings. The van der Waals surface area contributed by atoms with E-state index in [1.54, 1.807) is 46.4 Å². The van der Waals surface area contributed by atoms with E-state index >= 15 is 0 Å². The zero-order valence-corrected chi connectivity index (χ0v) is 22.5. The number of nitrogens with one attached hydrogen (secondary N) is 1. The second-order valence-electron chi connectivity index (χ2n) is 9.95. The van der Waals surface area contributed by atoms with Crippen LogP contribution in [0.1, 0.15) is 48.1 Å². The summed E-state index contributed by atoms with van der Waals surface area (Å²) in [4.78, 5) is 18.5. The number of fused-ring (bicyclic) bond motifs is 2. The number of amides is 1. The monoisotopic (exact) mass is 535 g/mol. The van der Waals surface area contributed by atoms with Gasteiger partial charge in [-0.2, -0.15) is 14.1 Å². The molecule has 8 nitrogen and oxygen atoms in total. The SMILES string of the molecule is Cc1ccc(S(=O)(=O)N2CCCC2C(=O)Nc2cc(C)nn2-c2nc3cc4c(cc3s2)CCCC4)cc1. The van der Waals surface area contributed by atoms with Gasteiger partial charge in [-0.15, -0.1) is 0 Å². The molecular formula is C27H29N5O3S2. The van der Waals surface area contributed by atoms with Crippen molar-refractivity contribution in [1.29, 1.82) is 0 Å². The van der Waals surface area contributed by atoms with E-state index in [4.69, 9.17) is 4.98 Å². The molecule has 1 N–H and O–H groups in total. The molecule has 3 heterocycles. The van der Waals surface area contributed by atoms with Gasteiger partial charge in [0.25, 0.3) is 0 Å². The minimum Gasteiger partial charge on any atom is -0.309 e. The van der Waals surface area contributed by atoms with Crippen LogP contribution in [0.25, 0.3) is 15.3 Å². The first kappa shape index (κ1) is 24.3. The number of aryl methyl sites for hydroxylation is 4. The molecule has 2 aliphatic rings. The number of benzene rings is 2. The van der Waals surface area contributed by atoms with Crippen LogP contribution in [0, 0.1) is 13.8 Å². The summed E-state index contributed by atoms with van der Waals surface area (Å²) in [6, 6.07) is 12.2. The first-order valence-electron chi connectivity index (χ1n) is 12.7. The maximum atomic E-state index is 13.4. The molecule has 0 spiro atoms. The molecule has 0 saturated carbocycles. The van der Waals surface area contributed by atoms with Crippen molar-refractivity contribution < 1.29 is 13.2 Å². The van der Waals surface area contributed by atoms with Crippen molar-refractivity contribution in [2.24, 2.45) is 0 Å². The van der Waals surface area contributed by atoms with Crippen LogP contribution in [-0.4, -0.2) is 46.0 Å². The van der Waals surface area contributed by atoms with Gasteiger partial charge < -0.3 is 5.32 Å². The molecule has 2 aromatic heterocycles. The third kappa shape index (κ3) is 4.47. The Morgan fingerprint density at radius 2 is 1.76 bits per heavy atom. The summed E-state index contributed by atoms with van der Waals surface area (Å²) in [5.74, 6) is 0.136. The molecule has 1 amide bonds. The van der Waals surface area contributed by atoms with Gasteiger partial charge in [0.1, 0.15) is 11.9 Å². The van der Waals surface area contributed by atoms with Gasteiger partial charge in [0.05, 0.1) is 20.8 Å². The molecule has 0 radical (unpaired) electrons. The van der Waals surface area contributed by atoms with E-state index < -0.39 is 16.1 Å². The quantitative estimate of drug-likeness (QED) is 0.397. The summed E-state index contributed by atoms with van der Waals surface area (Å²) in [6.45, 7) is 4.09. The van der Waals surface area contributed by atoms with Gasteiger partial charge in [-0.1, -0.05) is 29.0 Å². The summed E-state index contributed by atoms with van der Waals surface area (Å²) < 4.78 is 30.8. The average Bonchev–Trinajstić information content (AvgIpc) is 3.61. The minimum atomic E-state index is -3.78. The topological polar surface area (TPSA) is 97.2 Å². The van der Waals surface area contributed by atoms with Crippen molar-refractivity contribution in [2.75, 3.05) is 11.9 Å². The fourth-order valence-corrected chi connectivity index (χ4v) is 7.95. The lowest BCUT2D eigenvalue weighted by atomic mass is 9.92. The number of carbonyl (C=O) groups excluding carboxylic acids is 1. The van der Waals surface area contributed by atoms with Gasteiger partial charge in [-0.3, -0.25) is 4.79 Å². The van der Waals surface area contributed by atoms with Crippen molar-refractivity contribution >= 4 is 43.3 Å². The smallest absolute Gasteiger partial charge is 0.243 e. The van der Waals surface area contributed by atoms with Gasteiger partial charge in [0, 0.05) is 12.6 Å². The fourth-order valence-electron chi connectivity index (χ4n) is 5.31. The summed E-state index contributed by atoms with van der Waals surface area (Å²) in [6.07, 6.45) is 5.72. The molecule has 10 heteroatoms. The van der Waals surface area contributed by atoms with E-state index in [9.17, 15) is 13.2 Å². The first-order valence-corrected chi connectivity index (χ1v) is 14.9. The number of rotatable bonds is 5. The van der Waals surface area contributed by atoms with E-state index in [-0.39, 0.29) is 10.8 Å². The highest BCUT2D eigenvalue weighted by Gasteiger charge is 2.39. The van der Waals surface area contributed by atoms with Crippen LogP contribution in [0.3, 0.4) is 0 Å². The summed E-state index contributed by atoms with van der Waals surface area (Å²) in [7, 11) is -3.78. The summed E-state index contributed by atoms with van der Waals surface area (Å²) in [5, 5.41) is 8.23. The normalized spacial score (nSPS) is 18.3. The second kappa shape index (κ2) is 9.34. The van der Waals surface area contributed by atoms with E-state index in [1.165, 1.54) is 28.3 Å². The van der Waals surface area contributed by atoms with E-state index in [0.717, 1.165) is 34.3 Å². The van der Waals surface area contributed by atoms with E-state index in [1.807, 2.05) is 13.8 Å². The predicted molar refractivity (Wildman–Crippen MR) is 145 cm³/mol. The maximum absolute atomic E-state index is 13.4. The van der Waals surface area contributed by atoms with Crippen molar-refractivity contribution in [3.63, 3.8) is 0 Å². The van der Waals surface area contributed by atoms with Crippen molar-refractivity contribution in [2.45, 2.75) is 63.3 Å². The number of carbonyl (C=O) groups is 1. The molecule has 1 saturated heterocycles. The number of anilines is 1. The highest BCUT2D eigenvalue weighted by molar-refractivity contribution is 7.89. The van der Waals surface area contributed by atoms with Crippen LogP contribution < -0.4 is 5.32 Å². The Balaban J connectivity index is 1.28. The molecule has 2 aromatic carbocycles. The molecular weight excluding hydrogens is 506 g/mol. The lowest BCUT2D eigenvalue weighted by Gasteiger charge is -2.23. The first-order chi connectivity index (χ1) is 17.8. The van der Waals surface area contributed by atoms with E-state index in [0.29, 0.717) is 30.3 Å². The second-order valence-corrected chi connectivity index (χ2v) is 12.9. The van der Waals surface area contributed by atoms with Gasteiger partial charge in [-0.05, 0) is 87.8 Å². The third-order valence-electron chi connectivity index (χ3n) is 7.24. The predicted octanol–water partition coefficient (Wildman–Crippen LogP) is 4.77. The molecule has 1 unspecified atom stereocenters. The molecule has 192 valence electrons. The van der Waals surface area contributed by atoms with Crippen LogP contribution in [0.5, 0.6) is 0 Å². The standard InChI is InChI=1S/C27H29N5O3S2/c1-17-9-11-21(12-10-17)37(34,35)31-13-5-8-23(31)26(33)29-25-14-18(2)30-32(25)27-28-22-15-19-6-3-4-7-20(19)16-24(22)36-27/h9-12,14-16,23H,3-8,13H2,1-2H3,(H,29,33). The molecule has 37 heavy (non-hydrogen) atoms. The van der Waals surface area contributed by atoms with Gasteiger partial charge in [0.2, 0.25) is 21.1 Å². The van der Waals surface area contributed by atoms with Gasteiger partial charge in [-0.25, -0.2) is 13.4 Å². The van der Waals surface area contributed by atoms with Crippen LogP contribution >= 0.6 is 11.3 Å². The van der Waals surface area contributed by atoms with Crippen molar-refractivity contribution in [3.05, 3.63) is 64.8 Å². The highest BCUT2D eigenvalue weighted by Crippen LogP contribution is 2.33. The van der Waals surface area contributed by atoms with Crippen molar-refractivity contribution in [3.8, 4) is 5.13 Å². The highest BCUT2D eigenvalue weighted by atomic mass is 32.2.